The van der Waals surface area contributed by atoms with Gasteiger partial charge in [-0.15, -0.1) is 0 Å². The van der Waals surface area contributed by atoms with Gasteiger partial charge in [0.05, 0.1) is 7.11 Å². The number of nitrogens with zero attached hydrogens (tertiary/aromatic N) is 2. The minimum Gasteiger partial charge on any atom is -0.485 e. The summed E-state index contributed by atoms with van der Waals surface area (Å²) in [7, 11) is 1.40. The van der Waals surface area contributed by atoms with Gasteiger partial charge in [0.25, 0.3) is 0 Å². The fraction of sp³-hybridized carbons (Fsp3) is 0.429. The maximum Gasteiger partial charge on any atom is 0.444 e. The highest BCUT2D eigenvalue weighted by molar-refractivity contribution is 5.57. The fourth-order valence-corrected chi connectivity index (χ4v) is 2.45. The van der Waals surface area contributed by atoms with Gasteiger partial charge in [0.1, 0.15) is 17.0 Å². The Morgan fingerprint density at radius 2 is 2.15 bits per heavy atom. The SMILES string of the molecule is COc1nn(-c2ccc(C)c3c2OC(C)(C)C3)c(=O)o1. The molecule has 0 saturated heterocycles. The van der Waals surface area contributed by atoms with Crippen molar-refractivity contribution in [2.75, 3.05) is 7.11 Å². The van der Waals surface area contributed by atoms with Crippen molar-refractivity contribution in [2.45, 2.75) is 32.8 Å². The van der Waals surface area contributed by atoms with Crippen LogP contribution in [0.2, 0.25) is 0 Å². The number of hydrogen-bond acceptors (Lipinski definition) is 5. The summed E-state index contributed by atoms with van der Waals surface area (Å²) >= 11 is 0. The first kappa shape index (κ1) is 12.8. The number of methoxy groups -OCH3 is 1. The minimum atomic E-state index is -0.596. The highest BCUT2D eigenvalue weighted by Gasteiger charge is 2.34. The molecule has 106 valence electrons. The molecule has 6 heteroatoms. The summed E-state index contributed by atoms with van der Waals surface area (Å²) in [5.74, 6) is 0.0919. The summed E-state index contributed by atoms with van der Waals surface area (Å²) in [6.45, 7) is 6.06. The predicted octanol–water partition coefficient (Wildman–Crippen LogP) is 1.86. The van der Waals surface area contributed by atoms with E-state index in [1.165, 1.54) is 11.8 Å². The average molecular weight is 276 g/mol. The lowest BCUT2D eigenvalue weighted by atomic mass is 9.98. The minimum absolute atomic E-state index is 0.0680. The predicted molar refractivity (Wildman–Crippen MR) is 71.8 cm³/mol. The molecular formula is C14H16N2O4. The molecule has 20 heavy (non-hydrogen) atoms. The molecule has 2 aromatic rings. The second kappa shape index (κ2) is 4.13. The van der Waals surface area contributed by atoms with Gasteiger partial charge in [-0.2, -0.15) is 4.68 Å². The molecular weight excluding hydrogens is 260 g/mol. The van der Waals surface area contributed by atoms with Crippen LogP contribution in [0.3, 0.4) is 0 Å². The third-order valence-corrected chi connectivity index (χ3v) is 3.39. The molecule has 0 saturated carbocycles. The van der Waals surface area contributed by atoms with E-state index in [-0.39, 0.29) is 11.7 Å². The van der Waals surface area contributed by atoms with E-state index < -0.39 is 5.76 Å². The van der Waals surface area contributed by atoms with E-state index in [4.69, 9.17) is 13.9 Å². The van der Waals surface area contributed by atoms with Gasteiger partial charge in [-0.3, -0.25) is 0 Å². The van der Waals surface area contributed by atoms with E-state index in [0.717, 1.165) is 17.5 Å². The number of fused-ring (bicyclic) bond motifs is 1. The monoisotopic (exact) mass is 276 g/mol. The van der Waals surface area contributed by atoms with E-state index in [1.54, 1.807) is 6.07 Å². The van der Waals surface area contributed by atoms with Crippen molar-refractivity contribution in [3.63, 3.8) is 0 Å². The summed E-state index contributed by atoms with van der Waals surface area (Å²) in [4.78, 5) is 11.8. The maximum absolute atomic E-state index is 11.8. The molecule has 0 spiro atoms. The molecule has 1 aliphatic rings. The Morgan fingerprint density at radius 3 is 2.80 bits per heavy atom. The molecule has 1 aliphatic heterocycles. The molecule has 0 bridgehead atoms. The van der Waals surface area contributed by atoms with Gasteiger partial charge in [-0.1, -0.05) is 11.2 Å². The van der Waals surface area contributed by atoms with Gasteiger partial charge in [0, 0.05) is 12.0 Å². The smallest absolute Gasteiger partial charge is 0.444 e. The second-order valence-corrected chi connectivity index (χ2v) is 5.50. The molecule has 0 N–H and O–H groups in total. The van der Waals surface area contributed by atoms with Crippen LogP contribution in [-0.2, 0) is 6.42 Å². The third kappa shape index (κ3) is 1.88. The quantitative estimate of drug-likeness (QED) is 0.837. The van der Waals surface area contributed by atoms with Crippen LogP contribution in [0, 0.1) is 6.92 Å². The summed E-state index contributed by atoms with van der Waals surface area (Å²) in [6.07, 6.45) is 0.729. The standard InChI is InChI=1S/C14H16N2O4/c1-8-5-6-10(11-9(8)7-14(2,3)20-11)16-13(17)19-12(15-16)18-4/h5-6H,7H2,1-4H3. The molecule has 1 aromatic carbocycles. The first-order valence-corrected chi connectivity index (χ1v) is 6.37. The van der Waals surface area contributed by atoms with Crippen LogP contribution in [0.4, 0.5) is 0 Å². The summed E-state index contributed by atoms with van der Waals surface area (Å²) in [5, 5.41) is 3.99. The van der Waals surface area contributed by atoms with Crippen LogP contribution in [-0.4, -0.2) is 22.5 Å². The zero-order valence-electron chi connectivity index (χ0n) is 11.9. The number of aryl methyl sites for hydroxylation is 1. The summed E-state index contributed by atoms with van der Waals surface area (Å²) < 4.78 is 16.9. The van der Waals surface area contributed by atoms with Crippen LogP contribution in [0.15, 0.2) is 21.3 Å². The van der Waals surface area contributed by atoms with Crippen molar-refractivity contribution in [2.24, 2.45) is 0 Å². The van der Waals surface area contributed by atoms with Gasteiger partial charge >= 0.3 is 11.8 Å². The molecule has 0 amide bonds. The molecule has 1 aromatic heterocycles. The first-order valence-electron chi connectivity index (χ1n) is 6.37. The number of ether oxygens (including phenoxy) is 2. The molecule has 3 rings (SSSR count). The molecule has 0 unspecified atom stereocenters. The Balaban J connectivity index is 2.20. The van der Waals surface area contributed by atoms with Crippen molar-refractivity contribution in [1.29, 1.82) is 0 Å². The van der Waals surface area contributed by atoms with Crippen LogP contribution < -0.4 is 15.2 Å². The van der Waals surface area contributed by atoms with Crippen LogP contribution >= 0.6 is 0 Å². The Hall–Kier alpha value is -2.24. The molecule has 6 nitrogen and oxygen atoms in total. The lowest BCUT2D eigenvalue weighted by Crippen LogP contribution is -2.25. The number of benzene rings is 1. The fourth-order valence-electron chi connectivity index (χ4n) is 2.45. The van der Waals surface area contributed by atoms with E-state index in [9.17, 15) is 4.79 Å². The number of hydrogen-bond donors (Lipinski definition) is 0. The van der Waals surface area contributed by atoms with Crippen molar-refractivity contribution in [3.8, 4) is 17.5 Å². The zero-order chi connectivity index (χ0) is 14.5. The van der Waals surface area contributed by atoms with Gasteiger partial charge in [0.2, 0.25) is 0 Å². The topological polar surface area (TPSA) is 66.5 Å². The maximum atomic E-state index is 11.8. The van der Waals surface area contributed by atoms with Crippen LogP contribution in [0.1, 0.15) is 25.0 Å². The van der Waals surface area contributed by atoms with E-state index >= 15 is 0 Å². The summed E-state index contributed by atoms with van der Waals surface area (Å²) in [6, 6.07) is 3.76. The molecule has 2 heterocycles. The van der Waals surface area contributed by atoms with E-state index in [1.807, 2.05) is 26.8 Å². The van der Waals surface area contributed by atoms with Crippen molar-refractivity contribution in [1.82, 2.24) is 9.78 Å². The van der Waals surface area contributed by atoms with Crippen molar-refractivity contribution >= 4 is 0 Å². The van der Waals surface area contributed by atoms with E-state index in [2.05, 4.69) is 5.10 Å². The summed E-state index contributed by atoms with van der Waals surface area (Å²) in [5.41, 5.74) is 2.52. The zero-order valence-corrected chi connectivity index (χ0v) is 11.9. The largest absolute Gasteiger partial charge is 0.485 e. The third-order valence-electron chi connectivity index (χ3n) is 3.39. The van der Waals surface area contributed by atoms with E-state index in [0.29, 0.717) is 11.4 Å². The highest BCUT2D eigenvalue weighted by atomic mass is 16.6. The van der Waals surface area contributed by atoms with Gasteiger partial charge < -0.3 is 13.9 Å². The average Bonchev–Trinajstić information content (AvgIpc) is 2.90. The van der Waals surface area contributed by atoms with Crippen LogP contribution in [0.25, 0.3) is 5.69 Å². The van der Waals surface area contributed by atoms with Gasteiger partial charge in [0.15, 0.2) is 0 Å². The molecule has 0 fully saturated rings. The van der Waals surface area contributed by atoms with Crippen molar-refractivity contribution < 1.29 is 13.9 Å². The number of rotatable bonds is 2. The van der Waals surface area contributed by atoms with Crippen molar-refractivity contribution in [3.05, 3.63) is 33.8 Å². The lowest BCUT2D eigenvalue weighted by molar-refractivity contribution is 0.138. The second-order valence-electron chi connectivity index (χ2n) is 5.50. The molecule has 0 radical (unpaired) electrons. The number of aromatic nitrogens is 2. The van der Waals surface area contributed by atoms with Gasteiger partial charge in [-0.25, -0.2) is 4.79 Å². The van der Waals surface area contributed by atoms with Gasteiger partial charge in [-0.05, 0) is 32.4 Å². The molecule has 0 aliphatic carbocycles. The van der Waals surface area contributed by atoms with Crippen LogP contribution in [0.5, 0.6) is 11.8 Å². The lowest BCUT2D eigenvalue weighted by Gasteiger charge is -2.17. The Labute approximate surface area is 115 Å². The normalized spacial score (nSPS) is 15.8. The Kier molecular flexibility index (Phi) is 2.64. The Morgan fingerprint density at radius 1 is 1.40 bits per heavy atom. The first-order chi connectivity index (χ1) is 9.41. The molecule has 0 atom stereocenters. The highest BCUT2D eigenvalue weighted by Crippen LogP contribution is 2.40. The Bertz CT molecular complexity index is 727.